The van der Waals surface area contributed by atoms with Crippen LogP contribution < -0.4 is 10.1 Å². The van der Waals surface area contributed by atoms with Crippen LogP contribution in [0.25, 0.3) is 0 Å². The zero-order valence-corrected chi connectivity index (χ0v) is 15.5. The normalized spacial score (nSPS) is 10.3. The highest BCUT2D eigenvalue weighted by Gasteiger charge is 2.09. The quantitative estimate of drug-likeness (QED) is 0.583. The number of benzene rings is 2. The molecule has 5 nitrogen and oxygen atoms in total. The van der Waals surface area contributed by atoms with Crippen molar-refractivity contribution in [2.45, 2.75) is 27.2 Å². The minimum atomic E-state index is -0.505. The number of nitrogens with one attached hydrogen (secondary N) is 1. The summed E-state index contributed by atoms with van der Waals surface area (Å²) in [5.74, 6) is 0.0526. The first-order valence-electron chi connectivity index (χ1n) is 8.67. The molecule has 0 saturated carbocycles. The molecule has 138 valence electrons. The van der Waals surface area contributed by atoms with Crippen LogP contribution in [0.5, 0.6) is 5.75 Å². The molecular formula is C21H25NO4. The Bertz CT molecular complexity index is 756. The monoisotopic (exact) mass is 355 g/mol. The molecule has 1 N–H and O–H groups in total. The molecule has 0 radical (unpaired) electrons. The minimum absolute atomic E-state index is 0.287. The number of carbonyl (C=O) groups excluding carboxylic acids is 2. The number of esters is 1. The Morgan fingerprint density at radius 2 is 1.77 bits per heavy atom. The molecule has 2 aromatic carbocycles. The molecule has 0 atom stereocenters. The molecule has 1 amide bonds. The molecule has 0 fully saturated rings. The maximum Gasteiger partial charge on any atom is 0.338 e. The Labute approximate surface area is 154 Å². The lowest BCUT2D eigenvalue weighted by atomic mass is 10.1. The van der Waals surface area contributed by atoms with Crippen molar-refractivity contribution in [1.29, 1.82) is 0 Å². The van der Waals surface area contributed by atoms with Gasteiger partial charge in [0.25, 0.3) is 5.91 Å². The molecule has 0 spiro atoms. The Morgan fingerprint density at radius 1 is 1.04 bits per heavy atom. The van der Waals surface area contributed by atoms with Crippen LogP contribution >= 0.6 is 0 Å². The maximum atomic E-state index is 11.7. The smallest absolute Gasteiger partial charge is 0.338 e. The van der Waals surface area contributed by atoms with Crippen LogP contribution in [0.3, 0.4) is 0 Å². The summed E-state index contributed by atoms with van der Waals surface area (Å²) in [6.07, 6.45) is 0.671. The number of hydrogen-bond acceptors (Lipinski definition) is 4. The van der Waals surface area contributed by atoms with E-state index in [1.807, 2.05) is 26.0 Å². The Morgan fingerprint density at radius 3 is 2.50 bits per heavy atom. The zero-order chi connectivity index (χ0) is 18.9. The summed E-state index contributed by atoms with van der Waals surface area (Å²) in [6, 6.07) is 12.7. The summed E-state index contributed by atoms with van der Waals surface area (Å²) in [6.45, 7) is 6.82. The summed E-state index contributed by atoms with van der Waals surface area (Å²) >= 11 is 0. The average Bonchev–Trinajstić information content (AvgIpc) is 2.63. The van der Waals surface area contributed by atoms with Gasteiger partial charge in [0.15, 0.2) is 6.61 Å². The minimum Gasteiger partial charge on any atom is -0.493 e. The standard InChI is InChI=1S/C21H25NO4/c1-15-12-16(2)17(3)19(13-15)25-11-7-10-22-20(23)14-26-21(24)18-8-5-4-6-9-18/h4-6,8-9,12-13H,7,10-11,14H2,1-3H3,(H,22,23). The lowest BCUT2D eigenvalue weighted by molar-refractivity contribution is -0.124. The van der Waals surface area contributed by atoms with Crippen molar-refractivity contribution >= 4 is 11.9 Å². The van der Waals surface area contributed by atoms with Crippen LogP contribution in [0.15, 0.2) is 42.5 Å². The lowest BCUT2D eigenvalue weighted by Crippen LogP contribution is -2.30. The lowest BCUT2D eigenvalue weighted by Gasteiger charge is -2.12. The van der Waals surface area contributed by atoms with E-state index in [2.05, 4.69) is 18.3 Å². The van der Waals surface area contributed by atoms with Gasteiger partial charge in [0, 0.05) is 6.54 Å². The number of aryl methyl sites for hydroxylation is 2. The van der Waals surface area contributed by atoms with Gasteiger partial charge in [0.1, 0.15) is 5.75 Å². The summed E-state index contributed by atoms with van der Waals surface area (Å²) in [4.78, 5) is 23.5. The number of rotatable bonds is 8. The van der Waals surface area contributed by atoms with E-state index < -0.39 is 5.97 Å². The van der Waals surface area contributed by atoms with Crippen molar-refractivity contribution in [3.8, 4) is 5.75 Å². The van der Waals surface area contributed by atoms with E-state index >= 15 is 0 Å². The van der Waals surface area contributed by atoms with E-state index in [0.29, 0.717) is 25.1 Å². The summed E-state index contributed by atoms with van der Waals surface area (Å²) in [7, 11) is 0. The van der Waals surface area contributed by atoms with Gasteiger partial charge in [-0.25, -0.2) is 4.79 Å². The number of amides is 1. The molecule has 2 aromatic rings. The van der Waals surface area contributed by atoms with Crippen molar-refractivity contribution in [2.24, 2.45) is 0 Å². The second-order valence-electron chi connectivity index (χ2n) is 6.20. The first-order valence-corrected chi connectivity index (χ1v) is 8.67. The highest BCUT2D eigenvalue weighted by Crippen LogP contribution is 2.23. The molecule has 2 rings (SSSR count). The Balaban J connectivity index is 1.64. The van der Waals surface area contributed by atoms with Crippen molar-refractivity contribution in [2.75, 3.05) is 19.8 Å². The third-order valence-corrected chi connectivity index (χ3v) is 4.01. The topological polar surface area (TPSA) is 64.6 Å². The molecule has 0 aliphatic carbocycles. The van der Waals surface area contributed by atoms with Gasteiger partial charge in [0.05, 0.1) is 12.2 Å². The molecule has 5 heteroatoms. The zero-order valence-electron chi connectivity index (χ0n) is 15.5. The van der Waals surface area contributed by atoms with Gasteiger partial charge in [-0.1, -0.05) is 24.3 Å². The van der Waals surface area contributed by atoms with Gasteiger partial charge in [-0.15, -0.1) is 0 Å². The molecule has 0 bridgehead atoms. The Kier molecular flexibility index (Phi) is 7.21. The summed E-state index contributed by atoms with van der Waals surface area (Å²) in [5, 5.41) is 2.72. The van der Waals surface area contributed by atoms with Crippen LogP contribution in [-0.4, -0.2) is 31.6 Å². The van der Waals surface area contributed by atoms with Crippen LogP contribution in [0.2, 0.25) is 0 Å². The van der Waals surface area contributed by atoms with Crippen LogP contribution in [0.1, 0.15) is 33.5 Å². The van der Waals surface area contributed by atoms with Crippen LogP contribution in [0.4, 0.5) is 0 Å². The van der Waals surface area contributed by atoms with Gasteiger partial charge in [-0.2, -0.15) is 0 Å². The molecule has 26 heavy (non-hydrogen) atoms. The second-order valence-corrected chi connectivity index (χ2v) is 6.20. The van der Waals surface area contributed by atoms with Crippen LogP contribution in [0, 0.1) is 20.8 Å². The van der Waals surface area contributed by atoms with E-state index in [9.17, 15) is 9.59 Å². The third-order valence-electron chi connectivity index (χ3n) is 4.01. The van der Waals surface area contributed by atoms with Crippen LogP contribution in [-0.2, 0) is 9.53 Å². The molecule has 0 aromatic heterocycles. The fourth-order valence-corrected chi connectivity index (χ4v) is 2.47. The fraction of sp³-hybridized carbons (Fsp3) is 0.333. The van der Waals surface area contributed by atoms with Crippen molar-refractivity contribution in [3.63, 3.8) is 0 Å². The molecule has 0 heterocycles. The largest absolute Gasteiger partial charge is 0.493 e. The first-order chi connectivity index (χ1) is 12.5. The van der Waals surface area contributed by atoms with E-state index in [4.69, 9.17) is 9.47 Å². The maximum absolute atomic E-state index is 11.7. The SMILES string of the molecule is Cc1cc(C)c(C)c(OCCCNC(=O)COC(=O)c2ccccc2)c1. The number of hydrogen-bond donors (Lipinski definition) is 1. The predicted octanol–water partition coefficient (Wildman–Crippen LogP) is 3.35. The van der Waals surface area contributed by atoms with Gasteiger partial charge in [-0.3, -0.25) is 4.79 Å². The predicted molar refractivity (Wildman–Crippen MR) is 100 cm³/mol. The van der Waals surface area contributed by atoms with Crippen molar-refractivity contribution in [1.82, 2.24) is 5.32 Å². The molecular weight excluding hydrogens is 330 g/mol. The van der Waals surface area contributed by atoms with E-state index in [1.54, 1.807) is 24.3 Å². The third kappa shape index (κ3) is 5.92. The molecule has 0 unspecified atom stereocenters. The Hall–Kier alpha value is -2.82. The van der Waals surface area contributed by atoms with Gasteiger partial charge >= 0.3 is 5.97 Å². The first kappa shape index (κ1) is 19.5. The van der Waals surface area contributed by atoms with Gasteiger partial charge in [-0.05, 0) is 62.1 Å². The van der Waals surface area contributed by atoms with Gasteiger partial charge in [0.2, 0.25) is 0 Å². The highest BCUT2D eigenvalue weighted by molar-refractivity contribution is 5.91. The highest BCUT2D eigenvalue weighted by atomic mass is 16.5. The summed E-state index contributed by atoms with van der Waals surface area (Å²) in [5.41, 5.74) is 3.93. The van der Waals surface area contributed by atoms with Crippen molar-refractivity contribution in [3.05, 3.63) is 64.7 Å². The fourth-order valence-electron chi connectivity index (χ4n) is 2.47. The van der Waals surface area contributed by atoms with Crippen molar-refractivity contribution < 1.29 is 19.1 Å². The molecule has 0 aliphatic rings. The second kappa shape index (κ2) is 9.61. The summed E-state index contributed by atoms with van der Waals surface area (Å²) < 4.78 is 10.8. The van der Waals surface area contributed by atoms with E-state index in [0.717, 1.165) is 16.9 Å². The van der Waals surface area contributed by atoms with E-state index in [1.165, 1.54) is 5.56 Å². The van der Waals surface area contributed by atoms with E-state index in [-0.39, 0.29) is 12.5 Å². The number of ether oxygens (including phenoxy) is 2. The number of carbonyl (C=O) groups is 2. The molecule has 0 saturated heterocycles. The molecule has 0 aliphatic heterocycles. The van der Waals surface area contributed by atoms with Gasteiger partial charge < -0.3 is 14.8 Å². The average molecular weight is 355 g/mol.